The summed E-state index contributed by atoms with van der Waals surface area (Å²) in [6.45, 7) is 26.2. The Morgan fingerprint density at radius 2 is 1.18 bits per heavy atom. The van der Waals surface area contributed by atoms with E-state index >= 15 is 0 Å². The van der Waals surface area contributed by atoms with Gasteiger partial charge >= 0.3 is 0 Å². The van der Waals surface area contributed by atoms with E-state index in [4.69, 9.17) is 4.42 Å². The molecule has 2 atom stereocenters. The molecule has 1 aromatic heterocycles. The van der Waals surface area contributed by atoms with Gasteiger partial charge in [0, 0.05) is 61.3 Å². The summed E-state index contributed by atoms with van der Waals surface area (Å²) in [4.78, 5) is 7.96. The van der Waals surface area contributed by atoms with Gasteiger partial charge in [-0.3, -0.25) is 0 Å². The molecular formula is C66H66BN3O. The third-order valence-corrected chi connectivity index (χ3v) is 17.6. The zero-order valence-corrected chi connectivity index (χ0v) is 43.6. The van der Waals surface area contributed by atoms with Crippen LogP contribution in [-0.2, 0) is 21.7 Å². The van der Waals surface area contributed by atoms with E-state index in [9.17, 15) is 0 Å². The Hall–Kier alpha value is -6.72. The third-order valence-electron chi connectivity index (χ3n) is 17.6. The molecule has 9 aromatic rings. The molecule has 4 aliphatic rings. The highest BCUT2D eigenvalue weighted by Crippen LogP contribution is 2.62. The van der Waals surface area contributed by atoms with Crippen LogP contribution in [0.1, 0.15) is 124 Å². The van der Waals surface area contributed by atoms with E-state index in [1.54, 1.807) is 0 Å². The lowest BCUT2D eigenvalue weighted by atomic mass is 9.33. The number of benzene rings is 8. The Kier molecular flexibility index (Phi) is 9.30. The van der Waals surface area contributed by atoms with E-state index in [0.717, 1.165) is 44.7 Å². The van der Waals surface area contributed by atoms with Gasteiger partial charge in [0.1, 0.15) is 5.58 Å². The van der Waals surface area contributed by atoms with Crippen molar-refractivity contribution in [2.24, 2.45) is 0 Å². The summed E-state index contributed by atoms with van der Waals surface area (Å²) in [6.07, 6.45) is 4.90. The van der Waals surface area contributed by atoms with Crippen LogP contribution in [0.3, 0.4) is 0 Å². The minimum absolute atomic E-state index is 0.0393. The summed E-state index contributed by atoms with van der Waals surface area (Å²) < 4.78 is 7.27. The Labute approximate surface area is 421 Å². The van der Waals surface area contributed by atoms with Crippen molar-refractivity contribution in [1.82, 2.24) is 0 Å². The number of furan rings is 1. The smallest absolute Gasteiger partial charge is 0.252 e. The maximum atomic E-state index is 7.27. The van der Waals surface area contributed by atoms with E-state index in [2.05, 4.69) is 243 Å². The van der Waals surface area contributed by atoms with Gasteiger partial charge < -0.3 is 19.1 Å². The molecular weight excluding hydrogens is 862 g/mol. The van der Waals surface area contributed by atoms with Crippen LogP contribution < -0.4 is 31.1 Å². The van der Waals surface area contributed by atoms with Crippen LogP contribution in [0.15, 0.2) is 156 Å². The third kappa shape index (κ3) is 6.17. The first kappa shape index (κ1) is 44.2. The van der Waals surface area contributed by atoms with Crippen LogP contribution in [0.5, 0.6) is 0 Å². The molecule has 5 heteroatoms. The van der Waals surface area contributed by atoms with Crippen molar-refractivity contribution >= 4 is 101 Å². The van der Waals surface area contributed by atoms with Gasteiger partial charge in [0.15, 0.2) is 5.58 Å². The molecule has 0 amide bonds. The van der Waals surface area contributed by atoms with Crippen LogP contribution in [0, 0.1) is 0 Å². The van der Waals surface area contributed by atoms with Crippen molar-refractivity contribution < 1.29 is 4.42 Å². The zero-order chi connectivity index (χ0) is 49.1. The first-order valence-corrected chi connectivity index (χ1v) is 26.3. The normalized spacial score (nSPS) is 19.3. The van der Waals surface area contributed by atoms with Crippen molar-refractivity contribution in [2.45, 2.75) is 129 Å². The van der Waals surface area contributed by atoms with E-state index < -0.39 is 0 Å². The number of para-hydroxylation sites is 4. The molecule has 71 heavy (non-hydrogen) atoms. The first-order chi connectivity index (χ1) is 33.9. The summed E-state index contributed by atoms with van der Waals surface area (Å²) in [6, 6.07) is 58.1. The summed E-state index contributed by atoms with van der Waals surface area (Å²) in [5.41, 5.74) is 20.9. The summed E-state index contributed by atoms with van der Waals surface area (Å²) >= 11 is 0. The molecule has 13 rings (SSSR count). The lowest BCUT2D eigenvalue weighted by Gasteiger charge is -2.53. The highest BCUT2D eigenvalue weighted by Gasteiger charge is 2.61. The standard InChI is InChI=1S/C66H66BN3O/c1-62(2,3)41-38-56-58-57(39-41)70-59-49(65(10)36-17-18-37-66(65,70)11)28-21-30-52(59)67(58)51-34-32-43(40-55(51)68(56)42-22-13-12-14-23-42)69(53-35-33-48(63(4,5)6)44-24-15-16-25-45(44)53)54-31-20-27-47-46-26-19-29-50(64(7,8)9)60(46)71-61(47)54/h12-16,19-35,38-40H,17-18,36-37H2,1-11H3. The van der Waals surface area contributed by atoms with Gasteiger partial charge in [-0.15, -0.1) is 0 Å². The van der Waals surface area contributed by atoms with Crippen molar-refractivity contribution in [2.75, 3.05) is 14.7 Å². The molecule has 0 N–H and O–H groups in total. The van der Waals surface area contributed by atoms with Crippen LogP contribution in [-0.4, -0.2) is 12.3 Å². The van der Waals surface area contributed by atoms with Crippen LogP contribution in [0.2, 0.25) is 0 Å². The van der Waals surface area contributed by atoms with Gasteiger partial charge in [0.25, 0.3) is 6.71 Å². The average molecular weight is 928 g/mol. The fourth-order valence-corrected chi connectivity index (χ4v) is 13.8. The first-order valence-electron chi connectivity index (χ1n) is 26.3. The molecule has 2 unspecified atom stereocenters. The topological polar surface area (TPSA) is 22.9 Å². The second-order valence-electron chi connectivity index (χ2n) is 24.9. The fourth-order valence-electron chi connectivity index (χ4n) is 13.8. The molecule has 354 valence electrons. The number of fused-ring (bicyclic) bond motifs is 11. The van der Waals surface area contributed by atoms with E-state index in [1.807, 2.05) is 0 Å². The van der Waals surface area contributed by atoms with Gasteiger partial charge in [-0.2, -0.15) is 0 Å². The second kappa shape index (κ2) is 14.9. The molecule has 0 radical (unpaired) electrons. The van der Waals surface area contributed by atoms with Crippen molar-refractivity contribution in [1.29, 1.82) is 0 Å². The number of hydrogen-bond acceptors (Lipinski definition) is 4. The minimum atomic E-state index is -0.100. The molecule has 1 aliphatic carbocycles. The molecule has 0 bridgehead atoms. The van der Waals surface area contributed by atoms with Crippen molar-refractivity contribution in [3.63, 3.8) is 0 Å². The number of hydrogen-bond donors (Lipinski definition) is 0. The lowest BCUT2D eigenvalue weighted by Crippen LogP contribution is -2.64. The summed E-state index contributed by atoms with van der Waals surface area (Å²) in [5.74, 6) is 0. The molecule has 1 fully saturated rings. The molecule has 0 spiro atoms. The highest BCUT2D eigenvalue weighted by atomic mass is 16.3. The number of nitrogens with zero attached hydrogens (tertiary/aromatic N) is 3. The van der Waals surface area contributed by atoms with Gasteiger partial charge in [-0.25, -0.2) is 0 Å². The van der Waals surface area contributed by atoms with E-state index in [1.165, 1.54) is 97.8 Å². The lowest BCUT2D eigenvalue weighted by molar-refractivity contribution is 0.195. The summed E-state index contributed by atoms with van der Waals surface area (Å²) in [5, 5.41) is 4.75. The highest BCUT2D eigenvalue weighted by molar-refractivity contribution is 7.00. The monoisotopic (exact) mass is 928 g/mol. The SMILES string of the molecule is CC(C)(C)c1cc2c3c(c1)N1c4c(cccc4C4(C)CCCCC14C)B3c1ccc(N(c3ccc(C(C)(C)C)c4ccccc34)c3cccc4c3oc3c(C(C)(C)C)cccc34)cc1N2c1ccccc1. The minimum Gasteiger partial charge on any atom is -0.454 e. The number of anilines is 8. The number of rotatable bonds is 4. The fraction of sp³-hybridized carbons (Fsp3) is 0.303. The van der Waals surface area contributed by atoms with Crippen molar-refractivity contribution in [3.8, 4) is 0 Å². The molecule has 3 aliphatic heterocycles. The van der Waals surface area contributed by atoms with Gasteiger partial charge in [0.05, 0.1) is 16.9 Å². The molecule has 4 nitrogen and oxygen atoms in total. The quantitative estimate of drug-likeness (QED) is 0.164. The molecule has 4 heterocycles. The summed E-state index contributed by atoms with van der Waals surface area (Å²) in [7, 11) is 0. The largest absolute Gasteiger partial charge is 0.454 e. The predicted molar refractivity (Wildman–Crippen MR) is 304 cm³/mol. The van der Waals surface area contributed by atoms with E-state index in [-0.39, 0.29) is 33.9 Å². The molecule has 0 saturated heterocycles. The second-order valence-corrected chi connectivity index (χ2v) is 24.9. The van der Waals surface area contributed by atoms with Gasteiger partial charge in [0.2, 0.25) is 0 Å². The van der Waals surface area contributed by atoms with Gasteiger partial charge in [-0.1, -0.05) is 185 Å². The average Bonchev–Trinajstić information content (AvgIpc) is 3.83. The Bertz CT molecular complexity index is 3680. The molecule has 8 aromatic carbocycles. The maximum absolute atomic E-state index is 7.27. The van der Waals surface area contributed by atoms with Crippen LogP contribution in [0.4, 0.5) is 45.5 Å². The Balaban J connectivity index is 1.13. The predicted octanol–water partition coefficient (Wildman–Crippen LogP) is 16.5. The van der Waals surface area contributed by atoms with Gasteiger partial charge in [-0.05, 0) is 123 Å². The molecule has 1 saturated carbocycles. The maximum Gasteiger partial charge on any atom is 0.252 e. The van der Waals surface area contributed by atoms with E-state index in [0.29, 0.717) is 0 Å². The Morgan fingerprint density at radius 1 is 0.521 bits per heavy atom. The Morgan fingerprint density at radius 3 is 1.93 bits per heavy atom. The van der Waals surface area contributed by atoms with Crippen LogP contribution >= 0.6 is 0 Å². The zero-order valence-electron chi connectivity index (χ0n) is 43.6. The van der Waals surface area contributed by atoms with Crippen LogP contribution in [0.25, 0.3) is 32.7 Å². The van der Waals surface area contributed by atoms with Crippen molar-refractivity contribution in [3.05, 3.63) is 174 Å².